The van der Waals surface area contributed by atoms with Crippen molar-refractivity contribution in [1.82, 2.24) is 5.32 Å². The molecule has 4 bridgehead atoms. The molecule has 2 aromatic rings. The zero-order valence-corrected chi connectivity index (χ0v) is 17.1. The lowest BCUT2D eigenvalue weighted by atomic mass is 9.54. The highest BCUT2D eigenvalue weighted by atomic mass is 32.1. The maximum atomic E-state index is 5.75. The van der Waals surface area contributed by atoms with Crippen LogP contribution in [0.2, 0.25) is 0 Å². The van der Waals surface area contributed by atoms with E-state index in [2.05, 4.69) is 66.0 Å². The van der Waals surface area contributed by atoms with E-state index in [-0.39, 0.29) is 0 Å². The van der Waals surface area contributed by atoms with Gasteiger partial charge in [-0.3, -0.25) is 0 Å². The number of thiocarbonyl (C=S) groups is 1. The Morgan fingerprint density at radius 3 is 2.15 bits per heavy atom. The van der Waals surface area contributed by atoms with Crippen molar-refractivity contribution in [2.24, 2.45) is 23.7 Å². The smallest absolute Gasteiger partial charge is 0.171 e. The molecule has 4 heteroatoms. The first-order chi connectivity index (χ1) is 13.1. The summed E-state index contributed by atoms with van der Waals surface area (Å²) < 4.78 is 0. The second kappa shape index (κ2) is 6.66. The van der Waals surface area contributed by atoms with E-state index in [4.69, 9.17) is 12.2 Å². The van der Waals surface area contributed by atoms with E-state index in [0.717, 1.165) is 34.5 Å². The third-order valence-corrected chi connectivity index (χ3v) is 7.38. The van der Waals surface area contributed by atoms with Gasteiger partial charge < -0.3 is 15.5 Å². The highest BCUT2D eigenvalue weighted by molar-refractivity contribution is 7.80. The van der Waals surface area contributed by atoms with Gasteiger partial charge in [0.15, 0.2) is 5.11 Å². The van der Waals surface area contributed by atoms with Crippen LogP contribution in [0, 0.1) is 23.7 Å². The SMILES string of the molecule is CN(C)c1ccc(NC(=S)NC2C3CC4CC(C3)CC2C4)c2ccccc12. The zero-order valence-electron chi connectivity index (χ0n) is 16.2. The standard InChI is InChI=1S/C23H29N3S/c1-26(2)21-8-7-20(18-5-3-4-6-19(18)21)24-23(27)25-22-16-10-14-9-15(12-16)13-17(22)11-14/h3-8,14-17,22H,9-13H2,1-2H3,(H2,24,25,27). The van der Waals surface area contributed by atoms with Crippen LogP contribution >= 0.6 is 12.2 Å². The lowest BCUT2D eigenvalue weighted by Crippen LogP contribution is -2.56. The first-order valence-corrected chi connectivity index (χ1v) is 10.8. The molecule has 0 amide bonds. The number of anilines is 2. The molecular formula is C23H29N3S. The quantitative estimate of drug-likeness (QED) is 0.733. The molecule has 0 saturated heterocycles. The van der Waals surface area contributed by atoms with Crippen LogP contribution in [0.3, 0.4) is 0 Å². The maximum Gasteiger partial charge on any atom is 0.171 e. The molecule has 4 saturated carbocycles. The molecule has 0 unspecified atom stereocenters. The van der Waals surface area contributed by atoms with Crippen molar-refractivity contribution >= 4 is 39.5 Å². The third-order valence-electron chi connectivity index (χ3n) is 7.16. The molecule has 2 N–H and O–H groups in total. The van der Waals surface area contributed by atoms with Gasteiger partial charge >= 0.3 is 0 Å². The molecule has 2 aromatic carbocycles. The molecule has 27 heavy (non-hydrogen) atoms. The summed E-state index contributed by atoms with van der Waals surface area (Å²) in [5.74, 6) is 3.65. The summed E-state index contributed by atoms with van der Waals surface area (Å²) in [6, 6.07) is 13.5. The van der Waals surface area contributed by atoms with Crippen LogP contribution < -0.4 is 15.5 Å². The van der Waals surface area contributed by atoms with Crippen LogP contribution in [0.25, 0.3) is 10.8 Å². The molecule has 3 nitrogen and oxygen atoms in total. The number of hydrogen-bond acceptors (Lipinski definition) is 2. The van der Waals surface area contributed by atoms with E-state index in [9.17, 15) is 0 Å². The molecule has 4 aliphatic rings. The summed E-state index contributed by atoms with van der Waals surface area (Å²) >= 11 is 5.75. The third kappa shape index (κ3) is 3.08. The van der Waals surface area contributed by atoms with Crippen LogP contribution in [0.1, 0.15) is 32.1 Å². The minimum atomic E-state index is 0.574. The van der Waals surface area contributed by atoms with Gasteiger partial charge in [0, 0.05) is 42.3 Å². The molecule has 0 aromatic heterocycles. The number of fused-ring (bicyclic) bond motifs is 1. The molecule has 0 spiro atoms. The zero-order chi connectivity index (χ0) is 18.5. The summed E-state index contributed by atoms with van der Waals surface area (Å²) in [5.41, 5.74) is 2.33. The first kappa shape index (κ1) is 17.3. The number of rotatable bonds is 3. The highest BCUT2D eigenvalue weighted by Crippen LogP contribution is 2.53. The Labute approximate surface area is 167 Å². The van der Waals surface area contributed by atoms with Gasteiger partial charge in [0.25, 0.3) is 0 Å². The van der Waals surface area contributed by atoms with Crippen LogP contribution in [0.15, 0.2) is 36.4 Å². The van der Waals surface area contributed by atoms with E-state index in [1.54, 1.807) is 0 Å². The Morgan fingerprint density at radius 1 is 0.889 bits per heavy atom. The molecule has 0 heterocycles. The van der Waals surface area contributed by atoms with Crippen molar-refractivity contribution in [3.8, 4) is 0 Å². The van der Waals surface area contributed by atoms with Crippen molar-refractivity contribution in [3.63, 3.8) is 0 Å². The van der Waals surface area contributed by atoms with Crippen molar-refractivity contribution < 1.29 is 0 Å². The lowest BCUT2D eigenvalue weighted by Gasteiger charge is -2.54. The van der Waals surface area contributed by atoms with Gasteiger partial charge in [-0.15, -0.1) is 0 Å². The van der Waals surface area contributed by atoms with Crippen molar-refractivity contribution in [3.05, 3.63) is 36.4 Å². The van der Waals surface area contributed by atoms with Crippen LogP contribution in [-0.4, -0.2) is 25.2 Å². The molecule has 0 radical (unpaired) electrons. The topological polar surface area (TPSA) is 27.3 Å². The van der Waals surface area contributed by atoms with Gasteiger partial charge in [0.1, 0.15) is 0 Å². The molecule has 0 atom stereocenters. The average molecular weight is 380 g/mol. The van der Waals surface area contributed by atoms with E-state index < -0.39 is 0 Å². The Kier molecular flexibility index (Phi) is 4.27. The van der Waals surface area contributed by atoms with Crippen LogP contribution in [0.5, 0.6) is 0 Å². The summed E-state index contributed by atoms with van der Waals surface area (Å²) in [6.07, 6.45) is 7.13. The molecular weight excluding hydrogens is 350 g/mol. The minimum Gasteiger partial charge on any atom is -0.377 e. The normalized spacial score (nSPS) is 31.1. The van der Waals surface area contributed by atoms with Crippen LogP contribution in [0.4, 0.5) is 11.4 Å². The summed E-state index contributed by atoms with van der Waals surface area (Å²) in [5, 5.41) is 10.5. The molecule has 142 valence electrons. The fourth-order valence-electron chi connectivity index (χ4n) is 6.25. The Bertz CT molecular complexity index is 847. The average Bonchev–Trinajstić information content (AvgIpc) is 2.64. The monoisotopic (exact) mass is 379 g/mol. The minimum absolute atomic E-state index is 0.574. The maximum absolute atomic E-state index is 5.75. The number of nitrogens with zero attached hydrogens (tertiary/aromatic N) is 1. The molecule has 0 aliphatic heterocycles. The summed E-state index contributed by atoms with van der Waals surface area (Å²) in [4.78, 5) is 2.16. The second-order valence-electron chi connectivity index (χ2n) is 9.13. The van der Waals surface area contributed by atoms with Crippen molar-refractivity contribution in [2.45, 2.75) is 38.1 Å². The summed E-state index contributed by atoms with van der Waals surface area (Å²) in [6.45, 7) is 0. The van der Waals surface area contributed by atoms with Gasteiger partial charge in [0.05, 0.1) is 0 Å². The van der Waals surface area contributed by atoms with Crippen LogP contribution in [-0.2, 0) is 0 Å². The molecule has 6 rings (SSSR count). The molecule has 4 aliphatic carbocycles. The van der Waals surface area contributed by atoms with Gasteiger partial charge in [-0.2, -0.15) is 0 Å². The fourth-order valence-corrected chi connectivity index (χ4v) is 6.50. The Balaban J connectivity index is 1.35. The first-order valence-electron chi connectivity index (χ1n) is 10.3. The van der Waals surface area contributed by atoms with Gasteiger partial charge in [-0.25, -0.2) is 0 Å². The predicted molar refractivity (Wildman–Crippen MR) is 118 cm³/mol. The van der Waals surface area contributed by atoms with Gasteiger partial charge in [0.2, 0.25) is 0 Å². The fraction of sp³-hybridized carbons (Fsp3) is 0.522. The molecule has 4 fully saturated rings. The Morgan fingerprint density at radius 2 is 1.52 bits per heavy atom. The number of hydrogen-bond donors (Lipinski definition) is 2. The number of benzene rings is 2. The highest BCUT2D eigenvalue weighted by Gasteiger charge is 2.48. The van der Waals surface area contributed by atoms with Gasteiger partial charge in [-0.05, 0) is 80.1 Å². The predicted octanol–water partition coefficient (Wildman–Crippen LogP) is 5.02. The second-order valence-corrected chi connectivity index (χ2v) is 9.54. The van der Waals surface area contributed by atoms with Crippen molar-refractivity contribution in [1.29, 1.82) is 0 Å². The van der Waals surface area contributed by atoms with E-state index >= 15 is 0 Å². The number of nitrogens with one attached hydrogen (secondary N) is 2. The largest absolute Gasteiger partial charge is 0.377 e. The van der Waals surface area contributed by atoms with E-state index in [1.165, 1.54) is 48.6 Å². The Hall–Kier alpha value is -1.81. The van der Waals surface area contributed by atoms with E-state index in [0.29, 0.717) is 6.04 Å². The van der Waals surface area contributed by atoms with E-state index in [1.807, 2.05) is 0 Å². The lowest BCUT2D eigenvalue weighted by molar-refractivity contribution is -0.00665. The van der Waals surface area contributed by atoms with Crippen molar-refractivity contribution in [2.75, 3.05) is 24.3 Å². The summed E-state index contributed by atoms with van der Waals surface area (Å²) in [7, 11) is 4.18. The van der Waals surface area contributed by atoms with Gasteiger partial charge in [-0.1, -0.05) is 24.3 Å².